The molecule has 1 aromatic heterocycles. The maximum Gasteiger partial charge on any atom is 0.354 e. The molecule has 0 saturated carbocycles. The van der Waals surface area contributed by atoms with Gasteiger partial charge in [0.15, 0.2) is 11.2 Å². The molecule has 156 valence electrons. The van der Waals surface area contributed by atoms with E-state index in [1.165, 1.54) is 12.3 Å². The molecule has 1 atom stereocenters. The van der Waals surface area contributed by atoms with Crippen molar-refractivity contribution >= 4 is 33.4 Å². The number of aliphatic imine (C=N–C) groups is 1. The quantitative estimate of drug-likeness (QED) is 0.691. The highest BCUT2D eigenvalue weighted by Crippen LogP contribution is 2.40. The molecule has 0 spiro atoms. The smallest absolute Gasteiger partial charge is 0.354 e. The zero-order valence-electron chi connectivity index (χ0n) is 15.1. The average molecular weight is 474 g/mol. The lowest BCUT2D eigenvalue weighted by atomic mass is 9.90. The second-order valence-electron chi connectivity index (χ2n) is 6.11. The van der Waals surface area contributed by atoms with Crippen LogP contribution in [0, 0.1) is 12.7 Å². The summed E-state index contributed by atoms with van der Waals surface area (Å²) in [6, 6.07) is 5.62. The number of pyridine rings is 1. The number of carboxylic acid groups (broad SMARTS) is 1. The highest BCUT2D eigenvalue weighted by Gasteiger charge is 2.46. The summed E-state index contributed by atoms with van der Waals surface area (Å²) in [7, 11) is 0. The Hall–Kier alpha value is -2.66. The SMILES string of the molecule is Cc1cccnc1C(=O)O.[NH-]c1cc(Br)c(F)c([C@]2(C(F)F)COCC(N)=N2)c1. The van der Waals surface area contributed by atoms with Gasteiger partial charge in [0.1, 0.15) is 18.3 Å². The maximum atomic E-state index is 14.1. The molecule has 0 aliphatic carbocycles. The topological polar surface area (TPSA) is 122 Å². The summed E-state index contributed by atoms with van der Waals surface area (Å²) in [6.07, 6.45) is -1.54. The number of alkyl halides is 2. The number of nitrogens with two attached hydrogens (primary N) is 1. The van der Waals surface area contributed by atoms with E-state index in [1.54, 1.807) is 19.1 Å². The van der Waals surface area contributed by atoms with Crippen LogP contribution in [-0.2, 0) is 10.3 Å². The van der Waals surface area contributed by atoms with Gasteiger partial charge in [-0.2, -0.15) is 0 Å². The lowest BCUT2D eigenvalue weighted by molar-refractivity contribution is -0.0146. The number of nitrogens with zero attached hydrogens (tertiary/aromatic N) is 2. The van der Waals surface area contributed by atoms with Crippen LogP contribution in [0.1, 0.15) is 21.6 Å². The van der Waals surface area contributed by atoms with Gasteiger partial charge in [-0.3, -0.25) is 4.99 Å². The third-order valence-electron chi connectivity index (χ3n) is 3.98. The Morgan fingerprint density at radius 2 is 2.14 bits per heavy atom. The molecule has 0 amide bonds. The van der Waals surface area contributed by atoms with Gasteiger partial charge >= 0.3 is 5.97 Å². The van der Waals surface area contributed by atoms with Crippen molar-refractivity contribution < 1.29 is 27.8 Å². The number of carboxylic acids is 1. The van der Waals surface area contributed by atoms with Crippen molar-refractivity contribution in [2.45, 2.75) is 18.9 Å². The summed E-state index contributed by atoms with van der Waals surface area (Å²) in [5, 5.41) is 8.50. The molecule has 7 nitrogen and oxygen atoms in total. The monoisotopic (exact) mass is 473 g/mol. The summed E-state index contributed by atoms with van der Waals surface area (Å²) in [4.78, 5) is 17.7. The van der Waals surface area contributed by atoms with Gasteiger partial charge in [-0.25, -0.2) is 22.9 Å². The van der Waals surface area contributed by atoms with E-state index in [2.05, 4.69) is 25.9 Å². The second kappa shape index (κ2) is 9.23. The molecule has 0 fully saturated rings. The minimum Gasteiger partial charge on any atom is -0.699 e. The summed E-state index contributed by atoms with van der Waals surface area (Å²) in [5.74, 6) is -1.99. The first-order valence-corrected chi connectivity index (χ1v) is 8.94. The Balaban J connectivity index is 0.000000253. The third-order valence-corrected chi connectivity index (χ3v) is 4.56. The van der Waals surface area contributed by atoms with Crippen molar-refractivity contribution in [3.05, 3.63) is 63.3 Å². The molecule has 4 N–H and O–H groups in total. The Kier molecular flexibility index (Phi) is 7.20. The Morgan fingerprint density at radius 1 is 1.45 bits per heavy atom. The zero-order valence-corrected chi connectivity index (χ0v) is 16.7. The summed E-state index contributed by atoms with van der Waals surface area (Å²) < 4.78 is 45.7. The molecular formula is C18H17BrF3N4O3-. The fourth-order valence-electron chi connectivity index (χ4n) is 2.61. The number of aromatic carboxylic acids is 1. The molecule has 0 bridgehead atoms. The first kappa shape index (κ1) is 22.6. The van der Waals surface area contributed by atoms with Crippen LogP contribution in [0.2, 0.25) is 0 Å². The van der Waals surface area contributed by atoms with Crippen LogP contribution in [-0.4, -0.2) is 41.5 Å². The molecule has 11 heteroatoms. The van der Waals surface area contributed by atoms with Crippen molar-refractivity contribution in [1.82, 2.24) is 4.98 Å². The molecule has 0 radical (unpaired) electrons. The van der Waals surface area contributed by atoms with Crippen molar-refractivity contribution in [1.29, 1.82) is 0 Å². The zero-order chi connectivity index (χ0) is 21.8. The highest BCUT2D eigenvalue weighted by atomic mass is 79.9. The molecule has 29 heavy (non-hydrogen) atoms. The molecular weight excluding hydrogens is 457 g/mol. The van der Waals surface area contributed by atoms with Crippen molar-refractivity contribution in [3.8, 4) is 0 Å². The van der Waals surface area contributed by atoms with Crippen molar-refractivity contribution in [2.75, 3.05) is 13.2 Å². The van der Waals surface area contributed by atoms with Crippen LogP contribution in [0.5, 0.6) is 0 Å². The van der Waals surface area contributed by atoms with E-state index in [4.69, 9.17) is 21.3 Å². The number of amidine groups is 1. The number of hydrogen-bond donors (Lipinski definition) is 2. The van der Waals surface area contributed by atoms with Crippen molar-refractivity contribution in [2.24, 2.45) is 10.7 Å². The van der Waals surface area contributed by atoms with Gasteiger partial charge in [0.25, 0.3) is 6.43 Å². The maximum absolute atomic E-state index is 14.1. The summed E-state index contributed by atoms with van der Waals surface area (Å²) >= 11 is 2.89. The molecule has 1 aliphatic heterocycles. The van der Waals surface area contributed by atoms with Gasteiger partial charge < -0.3 is 21.3 Å². The van der Waals surface area contributed by atoms with E-state index in [9.17, 15) is 18.0 Å². The van der Waals surface area contributed by atoms with Gasteiger partial charge in [0.2, 0.25) is 0 Å². The van der Waals surface area contributed by atoms with Gasteiger partial charge in [0.05, 0.1) is 11.1 Å². The molecule has 0 saturated heterocycles. The first-order valence-electron chi connectivity index (χ1n) is 8.14. The van der Waals surface area contributed by atoms with Gasteiger partial charge in [-0.15, -0.1) is 5.69 Å². The summed E-state index contributed by atoms with van der Waals surface area (Å²) in [5.41, 5.74) is 11.0. The molecule has 2 aromatic rings. The van der Waals surface area contributed by atoms with E-state index in [0.29, 0.717) is 5.56 Å². The number of hydrogen-bond acceptors (Lipinski definition) is 5. The standard InChI is InChI=1S/C11H10BrF3N3O.C7H7NO2/c12-7-2-5(16)1-6(9(7)13)11(10(14)15)4-19-3-8(17)18-11;1-5-3-2-4-8-6(5)7(9)10/h1-2,10,16H,3-4H2,(H2,17,18);2-4H,1H3,(H,9,10)/q-1;/t11-;/m0./s1. The van der Waals surface area contributed by atoms with Gasteiger partial charge in [-0.05, 0) is 34.5 Å². The Morgan fingerprint density at radius 3 is 2.66 bits per heavy atom. The number of halogens is 4. The number of nitrogens with one attached hydrogen (secondary N) is 1. The fourth-order valence-corrected chi connectivity index (χ4v) is 3.07. The van der Waals surface area contributed by atoms with E-state index < -0.39 is 35.9 Å². The largest absolute Gasteiger partial charge is 0.699 e. The van der Waals surface area contributed by atoms with Crippen LogP contribution in [0.3, 0.4) is 0 Å². The first-order chi connectivity index (χ1) is 13.6. The van der Waals surface area contributed by atoms with Gasteiger partial charge in [-0.1, -0.05) is 18.2 Å². The van der Waals surface area contributed by atoms with E-state index in [1.807, 2.05) is 0 Å². The number of aromatic nitrogens is 1. The second-order valence-corrected chi connectivity index (χ2v) is 6.97. The van der Waals surface area contributed by atoms with Gasteiger partial charge in [0, 0.05) is 11.8 Å². The number of rotatable bonds is 3. The number of aryl methyl sites for hydroxylation is 1. The lowest BCUT2D eigenvalue weighted by Crippen LogP contribution is -2.45. The molecule has 0 unspecified atom stereocenters. The van der Waals surface area contributed by atoms with Crippen LogP contribution >= 0.6 is 15.9 Å². The predicted octanol–water partition coefficient (Wildman–Crippen LogP) is 4.21. The summed E-state index contributed by atoms with van der Waals surface area (Å²) in [6.45, 7) is 1.16. The number of ether oxygens (including phenoxy) is 1. The van der Waals surface area contributed by atoms with Crippen LogP contribution in [0.15, 0.2) is 39.9 Å². The fraction of sp³-hybridized carbons (Fsp3) is 0.278. The van der Waals surface area contributed by atoms with E-state index >= 15 is 0 Å². The third kappa shape index (κ3) is 5.04. The van der Waals surface area contributed by atoms with E-state index in [0.717, 1.165) is 6.07 Å². The lowest BCUT2D eigenvalue weighted by Gasteiger charge is -2.34. The minimum atomic E-state index is -3.01. The average Bonchev–Trinajstić information content (AvgIpc) is 2.65. The number of benzene rings is 1. The van der Waals surface area contributed by atoms with Crippen LogP contribution in [0.4, 0.5) is 18.9 Å². The predicted molar refractivity (Wildman–Crippen MR) is 104 cm³/mol. The molecule has 1 aromatic carbocycles. The minimum absolute atomic E-state index is 0.0716. The van der Waals surface area contributed by atoms with E-state index in [-0.39, 0.29) is 28.3 Å². The van der Waals surface area contributed by atoms with Crippen LogP contribution < -0.4 is 5.73 Å². The normalized spacial score (nSPS) is 18.6. The number of carbonyl (C=O) groups is 1. The molecule has 3 rings (SSSR count). The highest BCUT2D eigenvalue weighted by molar-refractivity contribution is 9.10. The Bertz CT molecular complexity index is 943. The Labute approximate surface area is 172 Å². The van der Waals surface area contributed by atoms with Crippen molar-refractivity contribution in [3.63, 3.8) is 0 Å². The molecule has 2 heterocycles. The van der Waals surface area contributed by atoms with Crippen LogP contribution in [0.25, 0.3) is 5.73 Å². The molecule has 1 aliphatic rings.